The molecule has 0 saturated carbocycles. The lowest BCUT2D eigenvalue weighted by Crippen LogP contribution is -2.27. The van der Waals surface area contributed by atoms with E-state index >= 15 is 0 Å². The smallest absolute Gasteiger partial charge is 0.316 e. The van der Waals surface area contributed by atoms with Gasteiger partial charge in [0, 0.05) is 12.1 Å². The fourth-order valence-corrected chi connectivity index (χ4v) is 1.58. The fourth-order valence-electron chi connectivity index (χ4n) is 1.58. The van der Waals surface area contributed by atoms with Gasteiger partial charge in [0.15, 0.2) is 0 Å². The summed E-state index contributed by atoms with van der Waals surface area (Å²) in [6, 6.07) is 6.87. The average Bonchev–Trinajstić information content (AvgIpc) is 2.66. The van der Waals surface area contributed by atoms with Gasteiger partial charge in [0.2, 0.25) is 0 Å². The number of carbonyl (C=O) groups is 2. The number of ether oxygens (including phenoxy) is 1. The van der Waals surface area contributed by atoms with E-state index in [0.29, 0.717) is 17.9 Å². The first-order valence-electron chi connectivity index (χ1n) is 5.26. The highest BCUT2D eigenvalue weighted by atomic mass is 16.5. The van der Waals surface area contributed by atoms with Gasteiger partial charge in [-0.1, -0.05) is 0 Å². The highest BCUT2D eigenvalue weighted by molar-refractivity contribution is 6.69. The van der Waals surface area contributed by atoms with Gasteiger partial charge in [0.25, 0.3) is 5.78 Å². The quantitative estimate of drug-likeness (QED) is 0.725. The van der Waals surface area contributed by atoms with Crippen molar-refractivity contribution in [3.63, 3.8) is 0 Å². The van der Waals surface area contributed by atoms with Crippen molar-refractivity contribution in [1.29, 1.82) is 0 Å². The van der Waals surface area contributed by atoms with Gasteiger partial charge in [-0.05, 0) is 31.2 Å². The van der Waals surface area contributed by atoms with E-state index in [1.807, 2.05) is 0 Å². The van der Waals surface area contributed by atoms with Gasteiger partial charge in [-0.2, -0.15) is 5.10 Å². The maximum absolute atomic E-state index is 11.7. The molecule has 0 unspecified atom stereocenters. The number of benzene rings is 1. The molecule has 0 atom stereocenters. The molecule has 5 nitrogen and oxygen atoms in total. The van der Waals surface area contributed by atoms with E-state index in [1.54, 1.807) is 38.3 Å². The first-order valence-corrected chi connectivity index (χ1v) is 5.26. The molecule has 1 aliphatic rings. The normalized spacial score (nSPS) is 15.2. The highest BCUT2D eigenvalue weighted by Crippen LogP contribution is 2.16. The van der Waals surface area contributed by atoms with Crippen LogP contribution in [0.2, 0.25) is 0 Å². The van der Waals surface area contributed by atoms with Crippen molar-refractivity contribution >= 4 is 17.4 Å². The molecule has 88 valence electrons. The van der Waals surface area contributed by atoms with Crippen LogP contribution in [-0.2, 0) is 9.59 Å². The Bertz CT molecular complexity index is 491. The summed E-state index contributed by atoms with van der Waals surface area (Å²) in [7, 11) is 1.57. The van der Waals surface area contributed by atoms with Gasteiger partial charge in [0.1, 0.15) is 11.5 Å². The predicted octanol–water partition coefficient (Wildman–Crippen LogP) is 0.830. The standard InChI is InChI=1S/C12H12N2O3/c1-3-14-12(16)11(15)10(13-14)8-4-6-9(17-2)7-5-8/h4-7H,3H2,1-2H3. The highest BCUT2D eigenvalue weighted by Gasteiger charge is 2.33. The summed E-state index contributed by atoms with van der Waals surface area (Å²) in [4.78, 5) is 23.2. The van der Waals surface area contributed by atoms with Gasteiger partial charge < -0.3 is 4.74 Å². The monoisotopic (exact) mass is 232 g/mol. The first kappa shape index (κ1) is 11.3. The van der Waals surface area contributed by atoms with E-state index in [1.165, 1.54) is 5.01 Å². The van der Waals surface area contributed by atoms with Crippen LogP contribution in [0.3, 0.4) is 0 Å². The van der Waals surface area contributed by atoms with Crippen LogP contribution in [0.25, 0.3) is 0 Å². The molecule has 1 amide bonds. The number of nitrogens with zero attached hydrogens (tertiary/aromatic N) is 2. The van der Waals surface area contributed by atoms with E-state index in [4.69, 9.17) is 4.74 Å². The molecule has 0 spiro atoms. The number of carbonyl (C=O) groups excluding carboxylic acids is 2. The van der Waals surface area contributed by atoms with Crippen molar-refractivity contribution in [2.24, 2.45) is 5.10 Å². The summed E-state index contributed by atoms with van der Waals surface area (Å²) < 4.78 is 5.02. The number of rotatable bonds is 3. The van der Waals surface area contributed by atoms with Crippen LogP contribution in [0.1, 0.15) is 12.5 Å². The summed E-state index contributed by atoms with van der Waals surface area (Å²) in [6.45, 7) is 2.16. The topological polar surface area (TPSA) is 59.0 Å². The molecule has 1 aliphatic heterocycles. The molecule has 1 heterocycles. The zero-order valence-electron chi connectivity index (χ0n) is 9.64. The molecule has 0 N–H and O–H groups in total. The van der Waals surface area contributed by atoms with Crippen LogP contribution in [0, 0.1) is 0 Å². The van der Waals surface area contributed by atoms with Crippen molar-refractivity contribution in [3.05, 3.63) is 29.8 Å². The largest absolute Gasteiger partial charge is 0.497 e. The minimum Gasteiger partial charge on any atom is -0.497 e. The number of amides is 1. The van der Waals surface area contributed by atoms with Crippen molar-refractivity contribution in [1.82, 2.24) is 5.01 Å². The van der Waals surface area contributed by atoms with Crippen LogP contribution in [0.5, 0.6) is 5.75 Å². The van der Waals surface area contributed by atoms with Crippen molar-refractivity contribution in [3.8, 4) is 5.75 Å². The average molecular weight is 232 g/mol. The third kappa shape index (κ3) is 1.91. The minimum atomic E-state index is -0.571. The summed E-state index contributed by atoms with van der Waals surface area (Å²) in [6.07, 6.45) is 0. The molecule has 0 bridgehead atoms. The molecule has 2 rings (SSSR count). The minimum absolute atomic E-state index is 0.194. The Morgan fingerprint density at radius 1 is 1.24 bits per heavy atom. The Balaban J connectivity index is 2.33. The van der Waals surface area contributed by atoms with Crippen LogP contribution in [-0.4, -0.2) is 36.1 Å². The fraction of sp³-hybridized carbons (Fsp3) is 0.250. The van der Waals surface area contributed by atoms with E-state index in [-0.39, 0.29) is 5.71 Å². The lowest BCUT2D eigenvalue weighted by molar-refractivity contribution is -0.139. The summed E-state index contributed by atoms with van der Waals surface area (Å²) in [5.41, 5.74) is 0.819. The van der Waals surface area contributed by atoms with Crippen molar-refractivity contribution < 1.29 is 14.3 Å². The van der Waals surface area contributed by atoms with Crippen molar-refractivity contribution in [2.75, 3.05) is 13.7 Å². The number of ketones is 1. The Hall–Kier alpha value is -2.17. The predicted molar refractivity (Wildman–Crippen MR) is 61.9 cm³/mol. The molecule has 0 fully saturated rings. The van der Waals surface area contributed by atoms with Crippen molar-refractivity contribution in [2.45, 2.75) is 6.92 Å². The SMILES string of the molecule is CCN1N=C(c2ccc(OC)cc2)C(=O)C1=O. The Morgan fingerprint density at radius 2 is 1.88 bits per heavy atom. The maximum atomic E-state index is 11.7. The first-order chi connectivity index (χ1) is 8.17. The molecular formula is C12H12N2O3. The number of likely N-dealkylation sites (N-methyl/N-ethyl adjacent to an activating group) is 1. The van der Waals surface area contributed by atoms with Crippen LogP contribution >= 0.6 is 0 Å². The van der Waals surface area contributed by atoms with Gasteiger partial charge in [0.05, 0.1) is 7.11 Å². The number of hydrazone groups is 1. The van der Waals surface area contributed by atoms with E-state index < -0.39 is 11.7 Å². The van der Waals surface area contributed by atoms with E-state index in [9.17, 15) is 9.59 Å². The van der Waals surface area contributed by atoms with Crippen LogP contribution < -0.4 is 4.74 Å². The third-order valence-corrected chi connectivity index (χ3v) is 2.53. The number of hydrogen-bond donors (Lipinski definition) is 0. The molecule has 17 heavy (non-hydrogen) atoms. The third-order valence-electron chi connectivity index (χ3n) is 2.53. The van der Waals surface area contributed by atoms with Gasteiger partial charge in [-0.15, -0.1) is 0 Å². The van der Waals surface area contributed by atoms with Crippen LogP contribution in [0.4, 0.5) is 0 Å². The molecule has 0 aromatic heterocycles. The molecule has 0 radical (unpaired) electrons. The Labute approximate surface area is 98.7 Å². The van der Waals surface area contributed by atoms with Gasteiger partial charge >= 0.3 is 5.91 Å². The van der Waals surface area contributed by atoms with Crippen LogP contribution in [0.15, 0.2) is 29.4 Å². The summed E-state index contributed by atoms with van der Waals surface area (Å²) >= 11 is 0. The van der Waals surface area contributed by atoms with Gasteiger partial charge in [-0.3, -0.25) is 9.59 Å². The summed E-state index contributed by atoms with van der Waals surface area (Å²) in [5.74, 6) is -0.436. The Morgan fingerprint density at radius 3 is 2.35 bits per heavy atom. The second kappa shape index (κ2) is 4.37. The molecular weight excluding hydrogens is 220 g/mol. The lowest BCUT2D eigenvalue weighted by atomic mass is 10.1. The second-order valence-corrected chi connectivity index (χ2v) is 3.53. The molecule has 1 aromatic rings. The molecule has 0 saturated heterocycles. The molecule has 5 heteroatoms. The van der Waals surface area contributed by atoms with Gasteiger partial charge in [-0.25, -0.2) is 5.01 Å². The Kier molecular flexibility index (Phi) is 2.91. The number of methoxy groups -OCH3 is 1. The molecule has 1 aromatic carbocycles. The zero-order chi connectivity index (χ0) is 12.4. The summed E-state index contributed by atoms with van der Waals surface area (Å²) in [5, 5.41) is 5.17. The number of Topliss-reactive ketones (excluding diaryl/α,β-unsaturated/α-hetero) is 1. The zero-order valence-corrected chi connectivity index (χ0v) is 9.64. The van der Waals surface area contributed by atoms with E-state index in [0.717, 1.165) is 0 Å². The number of hydrogen-bond acceptors (Lipinski definition) is 4. The maximum Gasteiger partial charge on any atom is 0.316 e. The lowest BCUT2D eigenvalue weighted by Gasteiger charge is -2.04. The molecule has 0 aliphatic carbocycles. The second-order valence-electron chi connectivity index (χ2n) is 3.53. The van der Waals surface area contributed by atoms with E-state index in [2.05, 4.69) is 5.10 Å².